The average molecular weight is 248 g/mol. The molecule has 1 aromatic heterocycles. The first-order valence-corrected chi connectivity index (χ1v) is 6.82. The Morgan fingerprint density at radius 1 is 1.44 bits per heavy atom. The smallest absolute Gasteiger partial charge is 0.122 e. The summed E-state index contributed by atoms with van der Waals surface area (Å²) in [5, 5.41) is 3.44. The molecule has 100 valence electrons. The van der Waals surface area contributed by atoms with Crippen LogP contribution in [-0.2, 0) is 13.1 Å². The molecule has 0 radical (unpaired) electrons. The van der Waals surface area contributed by atoms with Gasteiger partial charge in [-0.15, -0.1) is 0 Å². The zero-order chi connectivity index (χ0) is 13.0. The summed E-state index contributed by atoms with van der Waals surface area (Å²) in [5.74, 6) is 1.11. The van der Waals surface area contributed by atoms with Crippen LogP contribution in [0.5, 0.6) is 0 Å². The van der Waals surface area contributed by atoms with E-state index in [1.807, 2.05) is 0 Å². The first kappa shape index (κ1) is 13.4. The van der Waals surface area contributed by atoms with Gasteiger partial charge in [-0.1, -0.05) is 25.5 Å². The molecule has 0 saturated carbocycles. The number of furan rings is 1. The maximum atomic E-state index is 5.63. The SMILES string of the molecule is CC1=CCCN(Cc2occc2CNC(C)C)C1. The highest BCUT2D eigenvalue weighted by Crippen LogP contribution is 2.17. The maximum absolute atomic E-state index is 5.63. The molecule has 0 bridgehead atoms. The zero-order valence-electron chi connectivity index (χ0n) is 11.7. The topological polar surface area (TPSA) is 28.4 Å². The maximum Gasteiger partial charge on any atom is 0.122 e. The van der Waals surface area contributed by atoms with Crippen molar-refractivity contribution in [2.45, 2.75) is 46.3 Å². The van der Waals surface area contributed by atoms with Gasteiger partial charge in [0.15, 0.2) is 0 Å². The molecule has 0 saturated heterocycles. The predicted octanol–water partition coefficient (Wildman–Crippen LogP) is 2.93. The van der Waals surface area contributed by atoms with E-state index in [4.69, 9.17) is 4.42 Å². The fourth-order valence-corrected chi connectivity index (χ4v) is 2.31. The Bertz CT molecular complexity index is 406. The Labute approximate surface area is 110 Å². The van der Waals surface area contributed by atoms with E-state index in [0.717, 1.165) is 38.4 Å². The van der Waals surface area contributed by atoms with E-state index >= 15 is 0 Å². The Kier molecular flexibility index (Phi) is 4.61. The molecule has 2 rings (SSSR count). The van der Waals surface area contributed by atoms with Crippen molar-refractivity contribution >= 4 is 0 Å². The van der Waals surface area contributed by atoms with E-state index in [1.165, 1.54) is 11.1 Å². The molecular weight excluding hydrogens is 224 g/mol. The minimum atomic E-state index is 0.507. The fraction of sp³-hybridized carbons (Fsp3) is 0.600. The monoisotopic (exact) mass is 248 g/mol. The van der Waals surface area contributed by atoms with Crippen LogP contribution >= 0.6 is 0 Å². The van der Waals surface area contributed by atoms with Crippen LogP contribution in [-0.4, -0.2) is 24.0 Å². The van der Waals surface area contributed by atoms with Gasteiger partial charge in [0.1, 0.15) is 5.76 Å². The molecule has 18 heavy (non-hydrogen) atoms. The Hall–Kier alpha value is -1.06. The largest absolute Gasteiger partial charge is 0.468 e. The van der Waals surface area contributed by atoms with Crippen LogP contribution in [0.4, 0.5) is 0 Å². The summed E-state index contributed by atoms with van der Waals surface area (Å²) in [7, 11) is 0. The number of hydrogen-bond acceptors (Lipinski definition) is 3. The summed E-state index contributed by atoms with van der Waals surface area (Å²) in [6.45, 7) is 10.6. The van der Waals surface area contributed by atoms with Crippen molar-refractivity contribution in [1.82, 2.24) is 10.2 Å². The van der Waals surface area contributed by atoms with Crippen molar-refractivity contribution < 1.29 is 4.42 Å². The molecule has 0 fully saturated rings. The Morgan fingerprint density at radius 3 is 3.00 bits per heavy atom. The van der Waals surface area contributed by atoms with Crippen molar-refractivity contribution in [1.29, 1.82) is 0 Å². The summed E-state index contributed by atoms with van der Waals surface area (Å²) >= 11 is 0. The van der Waals surface area contributed by atoms with E-state index in [-0.39, 0.29) is 0 Å². The lowest BCUT2D eigenvalue weighted by atomic mass is 10.1. The van der Waals surface area contributed by atoms with Gasteiger partial charge in [-0.25, -0.2) is 0 Å². The molecule has 0 spiro atoms. The van der Waals surface area contributed by atoms with Crippen molar-refractivity contribution in [2.75, 3.05) is 13.1 Å². The minimum Gasteiger partial charge on any atom is -0.468 e. The Balaban J connectivity index is 1.93. The third kappa shape index (κ3) is 3.72. The second-order valence-corrected chi connectivity index (χ2v) is 5.45. The summed E-state index contributed by atoms with van der Waals surface area (Å²) < 4.78 is 5.63. The van der Waals surface area contributed by atoms with E-state index < -0.39 is 0 Å². The third-order valence-electron chi connectivity index (χ3n) is 3.32. The first-order chi connectivity index (χ1) is 8.65. The quantitative estimate of drug-likeness (QED) is 0.812. The van der Waals surface area contributed by atoms with Crippen LogP contribution in [0.2, 0.25) is 0 Å². The van der Waals surface area contributed by atoms with Gasteiger partial charge >= 0.3 is 0 Å². The van der Waals surface area contributed by atoms with E-state index in [0.29, 0.717) is 6.04 Å². The van der Waals surface area contributed by atoms with Crippen molar-refractivity contribution in [3.05, 3.63) is 35.3 Å². The molecule has 3 heteroatoms. The number of nitrogens with one attached hydrogen (secondary N) is 1. The third-order valence-corrected chi connectivity index (χ3v) is 3.32. The van der Waals surface area contributed by atoms with Crippen molar-refractivity contribution in [3.8, 4) is 0 Å². The van der Waals surface area contributed by atoms with Crippen LogP contribution in [0.3, 0.4) is 0 Å². The van der Waals surface area contributed by atoms with Gasteiger partial charge in [-0.05, 0) is 19.4 Å². The number of nitrogens with zero attached hydrogens (tertiary/aromatic N) is 1. The van der Waals surface area contributed by atoms with Crippen LogP contribution in [0, 0.1) is 0 Å². The number of hydrogen-bond donors (Lipinski definition) is 1. The van der Waals surface area contributed by atoms with Gasteiger partial charge in [0.25, 0.3) is 0 Å². The fourth-order valence-electron chi connectivity index (χ4n) is 2.31. The highest BCUT2D eigenvalue weighted by Gasteiger charge is 2.14. The molecule has 1 N–H and O–H groups in total. The Morgan fingerprint density at radius 2 is 2.28 bits per heavy atom. The molecule has 1 aliphatic rings. The average Bonchev–Trinajstić information content (AvgIpc) is 2.74. The summed E-state index contributed by atoms with van der Waals surface area (Å²) in [4.78, 5) is 2.45. The molecule has 2 heterocycles. The predicted molar refractivity (Wildman–Crippen MR) is 74.3 cm³/mol. The first-order valence-electron chi connectivity index (χ1n) is 6.82. The summed E-state index contributed by atoms with van der Waals surface area (Å²) in [5.41, 5.74) is 2.76. The van der Waals surface area contributed by atoms with Gasteiger partial charge in [0.2, 0.25) is 0 Å². The minimum absolute atomic E-state index is 0.507. The molecule has 3 nitrogen and oxygen atoms in total. The lowest BCUT2D eigenvalue weighted by Gasteiger charge is -2.25. The molecule has 0 aliphatic carbocycles. The highest BCUT2D eigenvalue weighted by atomic mass is 16.3. The van der Waals surface area contributed by atoms with E-state index in [9.17, 15) is 0 Å². The lowest BCUT2D eigenvalue weighted by Crippen LogP contribution is -2.29. The molecule has 0 amide bonds. The summed E-state index contributed by atoms with van der Waals surface area (Å²) in [6, 6.07) is 2.59. The molecule has 1 aromatic rings. The van der Waals surface area contributed by atoms with Gasteiger partial charge < -0.3 is 9.73 Å². The zero-order valence-corrected chi connectivity index (χ0v) is 11.7. The second-order valence-electron chi connectivity index (χ2n) is 5.45. The lowest BCUT2D eigenvalue weighted by molar-refractivity contribution is 0.256. The van der Waals surface area contributed by atoms with Crippen LogP contribution in [0.1, 0.15) is 38.5 Å². The van der Waals surface area contributed by atoms with Gasteiger partial charge in [-0.3, -0.25) is 4.90 Å². The standard InChI is InChI=1S/C15H24N2O/c1-12(2)16-9-14-6-8-18-15(14)11-17-7-4-5-13(3)10-17/h5-6,8,12,16H,4,7,9-11H2,1-3H3. The summed E-state index contributed by atoms with van der Waals surface area (Å²) in [6.07, 6.45) is 5.30. The highest BCUT2D eigenvalue weighted by molar-refractivity contribution is 5.17. The van der Waals surface area contributed by atoms with Gasteiger partial charge in [0, 0.05) is 31.2 Å². The molecule has 1 aliphatic heterocycles. The van der Waals surface area contributed by atoms with Crippen molar-refractivity contribution in [3.63, 3.8) is 0 Å². The van der Waals surface area contributed by atoms with Crippen LogP contribution < -0.4 is 5.32 Å². The van der Waals surface area contributed by atoms with Gasteiger partial charge in [-0.2, -0.15) is 0 Å². The molecular formula is C15H24N2O. The van der Waals surface area contributed by atoms with E-state index in [2.05, 4.69) is 43.1 Å². The molecule has 0 aromatic carbocycles. The van der Waals surface area contributed by atoms with Crippen LogP contribution in [0.25, 0.3) is 0 Å². The molecule has 0 unspecified atom stereocenters. The van der Waals surface area contributed by atoms with Gasteiger partial charge in [0.05, 0.1) is 12.8 Å². The molecule has 0 atom stereocenters. The van der Waals surface area contributed by atoms with Crippen molar-refractivity contribution in [2.24, 2.45) is 0 Å². The van der Waals surface area contributed by atoms with Crippen LogP contribution in [0.15, 0.2) is 28.4 Å². The van der Waals surface area contributed by atoms with E-state index in [1.54, 1.807) is 6.26 Å². The normalized spacial score (nSPS) is 17.2. The number of rotatable bonds is 5. The second kappa shape index (κ2) is 6.21.